The Balaban J connectivity index is 1.71. The van der Waals surface area contributed by atoms with Crippen LogP contribution < -0.4 is 14.7 Å². The van der Waals surface area contributed by atoms with Gasteiger partial charge in [0.2, 0.25) is 5.78 Å². The molecule has 3 aromatic rings. The van der Waals surface area contributed by atoms with Crippen LogP contribution in [-0.4, -0.2) is 43.8 Å². The first kappa shape index (κ1) is 27.7. The largest absolute Gasteiger partial charge is 0.872 e. The Labute approximate surface area is 233 Å². The lowest BCUT2D eigenvalue weighted by Gasteiger charge is -2.28. The molecule has 1 unspecified atom stereocenters. The summed E-state index contributed by atoms with van der Waals surface area (Å²) in [7, 11) is 4.03. The van der Waals surface area contributed by atoms with Gasteiger partial charge in [0.25, 0.3) is 5.91 Å². The molecule has 8 heteroatoms. The molecule has 0 spiro atoms. The lowest BCUT2D eigenvalue weighted by atomic mass is 9.94. The van der Waals surface area contributed by atoms with Gasteiger partial charge in [-0.1, -0.05) is 71.4 Å². The van der Waals surface area contributed by atoms with E-state index in [1.54, 1.807) is 36.4 Å². The molecule has 1 saturated heterocycles. The minimum Gasteiger partial charge on any atom is -0.872 e. The molecule has 198 valence electrons. The Bertz CT molecular complexity index is 1370. The van der Waals surface area contributed by atoms with Gasteiger partial charge in [-0.25, -0.2) is 0 Å². The molecule has 3 aromatic carbocycles. The van der Waals surface area contributed by atoms with Gasteiger partial charge in [0.05, 0.1) is 26.7 Å². The highest BCUT2D eigenvalue weighted by molar-refractivity contribution is 6.47. The van der Waals surface area contributed by atoms with E-state index in [-0.39, 0.29) is 5.57 Å². The molecule has 0 bridgehead atoms. The topological polar surface area (TPSA) is 74.1 Å². The summed E-state index contributed by atoms with van der Waals surface area (Å²) in [5.74, 6) is -1.37. The fourth-order valence-electron chi connectivity index (χ4n) is 4.59. The van der Waals surface area contributed by atoms with Crippen molar-refractivity contribution in [1.29, 1.82) is 0 Å². The number of carbonyl (C=O) groups excluding carboxylic acids is 2. The number of aryl methyl sites for hydroxylation is 1. The molecule has 1 amide bonds. The molecular weight excluding hydrogens is 523 g/mol. The van der Waals surface area contributed by atoms with Crippen molar-refractivity contribution < 1.29 is 24.3 Å². The van der Waals surface area contributed by atoms with Gasteiger partial charge in [-0.15, -0.1) is 0 Å². The summed E-state index contributed by atoms with van der Waals surface area (Å²) >= 11 is 12.6. The number of carbonyl (C=O) groups is 2. The number of quaternary nitrogens is 1. The summed E-state index contributed by atoms with van der Waals surface area (Å²) in [5.41, 5.74) is 2.47. The first-order valence-corrected chi connectivity index (χ1v) is 13.2. The number of nitrogens with zero attached hydrogens (tertiary/aromatic N) is 1. The van der Waals surface area contributed by atoms with Gasteiger partial charge in [0.1, 0.15) is 12.4 Å². The third-order valence-electron chi connectivity index (χ3n) is 6.54. The van der Waals surface area contributed by atoms with Crippen LogP contribution in [0.2, 0.25) is 10.0 Å². The number of nitrogens with one attached hydrogen (secondary N) is 1. The van der Waals surface area contributed by atoms with Gasteiger partial charge in [-0.05, 0) is 53.4 Å². The van der Waals surface area contributed by atoms with Crippen molar-refractivity contribution in [2.45, 2.75) is 26.0 Å². The van der Waals surface area contributed by atoms with Crippen LogP contribution in [0.25, 0.3) is 5.76 Å². The van der Waals surface area contributed by atoms with Gasteiger partial charge in [-0.2, -0.15) is 0 Å². The third-order valence-corrected chi connectivity index (χ3v) is 7.10. The zero-order valence-electron chi connectivity index (χ0n) is 21.6. The molecule has 1 N–H and O–H groups in total. The molecule has 4 rings (SSSR count). The molecular formula is C30H30Cl2N2O4. The molecule has 38 heavy (non-hydrogen) atoms. The second kappa shape index (κ2) is 12.0. The monoisotopic (exact) mass is 552 g/mol. The molecule has 1 aliphatic heterocycles. The van der Waals surface area contributed by atoms with E-state index in [0.717, 1.165) is 17.7 Å². The lowest BCUT2D eigenvalue weighted by molar-refractivity contribution is -0.858. The van der Waals surface area contributed by atoms with E-state index in [1.165, 1.54) is 9.80 Å². The maximum Gasteiger partial charge on any atom is 0.295 e. The molecule has 1 heterocycles. The fraction of sp³-hybridized carbons (Fsp3) is 0.267. The van der Waals surface area contributed by atoms with Gasteiger partial charge in [0, 0.05) is 28.6 Å². The molecule has 0 aliphatic carbocycles. The van der Waals surface area contributed by atoms with E-state index in [0.29, 0.717) is 46.5 Å². The van der Waals surface area contributed by atoms with Crippen LogP contribution >= 0.6 is 23.2 Å². The average Bonchev–Trinajstić information content (AvgIpc) is 3.13. The molecule has 1 fully saturated rings. The van der Waals surface area contributed by atoms with Crippen molar-refractivity contribution in [3.8, 4) is 5.75 Å². The van der Waals surface area contributed by atoms with Crippen molar-refractivity contribution in [3.63, 3.8) is 0 Å². The summed E-state index contributed by atoms with van der Waals surface area (Å²) in [6, 6.07) is 18.8. The highest BCUT2D eigenvalue weighted by Gasteiger charge is 2.44. The van der Waals surface area contributed by atoms with Gasteiger partial charge >= 0.3 is 0 Å². The summed E-state index contributed by atoms with van der Waals surface area (Å²) in [4.78, 5) is 29.1. The van der Waals surface area contributed by atoms with Crippen LogP contribution in [0.3, 0.4) is 0 Å². The number of ketones is 1. The van der Waals surface area contributed by atoms with Crippen molar-refractivity contribution in [1.82, 2.24) is 4.90 Å². The maximum absolute atomic E-state index is 13.8. The van der Waals surface area contributed by atoms with Gasteiger partial charge < -0.3 is 19.6 Å². The summed E-state index contributed by atoms with van der Waals surface area (Å²) in [6.07, 6.45) is 0.664. The average molecular weight is 553 g/mol. The minimum atomic E-state index is -0.890. The van der Waals surface area contributed by atoms with Crippen LogP contribution in [0, 0.1) is 6.92 Å². The number of hydrogen-bond acceptors (Lipinski definition) is 4. The standard InChI is InChI=1S/C30H30Cl2N2O4/c1-19-16-21(10-13-25(19)38-18-20-8-5-4-6-9-20)28(35)26-27(23-12-11-22(31)17-24(23)32)34(30(37)29(26)36)15-7-14-33(2)3/h4-6,8-13,16-17,27,35H,7,14-15,18H2,1-3H3. The Morgan fingerprint density at radius 1 is 1.03 bits per heavy atom. The van der Waals surface area contributed by atoms with Crippen LogP contribution in [0.4, 0.5) is 0 Å². The quantitative estimate of drug-likeness (QED) is 0.250. The minimum absolute atomic E-state index is 0.103. The number of rotatable bonds is 9. The molecule has 0 saturated carbocycles. The first-order chi connectivity index (χ1) is 18.2. The van der Waals surface area contributed by atoms with Crippen LogP contribution in [-0.2, 0) is 16.2 Å². The Kier molecular flexibility index (Phi) is 8.77. The summed E-state index contributed by atoms with van der Waals surface area (Å²) in [6.45, 7) is 3.35. The predicted molar refractivity (Wildman–Crippen MR) is 147 cm³/mol. The molecule has 1 aliphatic rings. The fourth-order valence-corrected chi connectivity index (χ4v) is 5.11. The number of Topliss-reactive ketones (excluding diaryl/α,β-unsaturated/α-hetero) is 1. The first-order valence-electron chi connectivity index (χ1n) is 12.5. The van der Waals surface area contributed by atoms with Gasteiger partial charge in [0.15, 0.2) is 0 Å². The number of likely N-dealkylation sites (tertiary alicyclic amines) is 1. The molecule has 0 radical (unpaired) electrons. The number of ether oxygens (including phenoxy) is 1. The van der Waals surface area contributed by atoms with E-state index in [9.17, 15) is 14.7 Å². The number of hydrogen-bond donors (Lipinski definition) is 1. The molecule has 1 atom stereocenters. The molecule has 0 aromatic heterocycles. The lowest BCUT2D eigenvalue weighted by Crippen LogP contribution is -3.05. The van der Waals surface area contributed by atoms with E-state index < -0.39 is 23.5 Å². The van der Waals surface area contributed by atoms with Crippen molar-refractivity contribution in [2.24, 2.45) is 0 Å². The highest BCUT2D eigenvalue weighted by Crippen LogP contribution is 2.42. The second-order valence-corrected chi connectivity index (χ2v) is 10.5. The smallest absolute Gasteiger partial charge is 0.295 e. The maximum atomic E-state index is 13.8. The summed E-state index contributed by atoms with van der Waals surface area (Å²) < 4.78 is 5.94. The Morgan fingerprint density at radius 2 is 1.76 bits per heavy atom. The van der Waals surface area contributed by atoms with E-state index in [4.69, 9.17) is 27.9 Å². The second-order valence-electron chi connectivity index (χ2n) is 9.70. The summed E-state index contributed by atoms with van der Waals surface area (Å²) in [5, 5.41) is 14.5. The number of amides is 1. The number of benzene rings is 3. The zero-order chi connectivity index (χ0) is 27.4. The normalized spacial score (nSPS) is 16.9. The third kappa shape index (κ3) is 6.04. The predicted octanol–water partition coefficient (Wildman–Crippen LogP) is 3.64. The van der Waals surface area contributed by atoms with Crippen molar-refractivity contribution >= 4 is 40.7 Å². The van der Waals surface area contributed by atoms with Gasteiger partial charge in [-0.3, -0.25) is 9.59 Å². The Morgan fingerprint density at radius 3 is 2.42 bits per heavy atom. The van der Waals surface area contributed by atoms with Crippen LogP contribution in [0.15, 0.2) is 72.3 Å². The SMILES string of the molecule is Cc1cc(C([O-])=C2C(=O)C(=O)N(CCC[NH+](C)C)C2c2ccc(Cl)cc2Cl)ccc1OCc1ccccc1. The van der Waals surface area contributed by atoms with Crippen LogP contribution in [0.1, 0.15) is 34.7 Å². The molecule has 6 nitrogen and oxygen atoms in total. The van der Waals surface area contributed by atoms with E-state index >= 15 is 0 Å². The van der Waals surface area contributed by atoms with Crippen LogP contribution in [0.5, 0.6) is 5.75 Å². The highest BCUT2D eigenvalue weighted by atomic mass is 35.5. The van der Waals surface area contributed by atoms with Crippen molar-refractivity contribution in [2.75, 3.05) is 27.2 Å². The number of halogens is 2. The van der Waals surface area contributed by atoms with E-state index in [1.807, 2.05) is 51.4 Å². The van der Waals surface area contributed by atoms with E-state index in [2.05, 4.69) is 0 Å². The van der Waals surface area contributed by atoms with Crippen molar-refractivity contribution in [3.05, 3.63) is 105 Å². The Hall–Kier alpha value is -3.32. The zero-order valence-corrected chi connectivity index (χ0v) is 23.1.